The van der Waals surface area contributed by atoms with E-state index in [2.05, 4.69) is 4.98 Å². The molecule has 0 radical (unpaired) electrons. The van der Waals surface area contributed by atoms with Crippen molar-refractivity contribution in [3.05, 3.63) is 42.1 Å². The van der Waals surface area contributed by atoms with Crippen LogP contribution in [0, 0.1) is 0 Å². The van der Waals surface area contributed by atoms with Gasteiger partial charge in [0.05, 0.1) is 17.7 Å². The van der Waals surface area contributed by atoms with Gasteiger partial charge in [-0.1, -0.05) is 31.2 Å². The van der Waals surface area contributed by atoms with Crippen LogP contribution < -0.4 is 0 Å². The Hall–Kier alpha value is -1.45. The molecule has 0 saturated heterocycles. The molecule has 0 amide bonds. The summed E-state index contributed by atoms with van der Waals surface area (Å²) in [5, 5.41) is 20.4. The van der Waals surface area contributed by atoms with Crippen LogP contribution in [0.15, 0.2) is 36.4 Å². The van der Waals surface area contributed by atoms with Gasteiger partial charge >= 0.3 is 0 Å². The number of rotatable bonds is 4. The smallest absolute Gasteiger partial charge is 0.0854 e. The molecule has 2 aromatic rings. The molecule has 2 unspecified atom stereocenters. The summed E-state index contributed by atoms with van der Waals surface area (Å²) in [5.41, 5.74) is 1.73. The van der Waals surface area contributed by atoms with E-state index in [-0.39, 0.29) is 0 Å². The average molecular weight is 231 g/mol. The molecule has 0 aliphatic carbocycles. The van der Waals surface area contributed by atoms with Crippen molar-refractivity contribution in [1.82, 2.24) is 4.98 Å². The van der Waals surface area contributed by atoms with Crippen LogP contribution in [0.5, 0.6) is 0 Å². The van der Waals surface area contributed by atoms with Gasteiger partial charge in [0, 0.05) is 17.5 Å². The first-order valence-corrected chi connectivity index (χ1v) is 5.91. The van der Waals surface area contributed by atoms with Crippen molar-refractivity contribution in [2.45, 2.75) is 32.0 Å². The van der Waals surface area contributed by atoms with Gasteiger partial charge in [-0.3, -0.25) is 4.98 Å². The van der Waals surface area contributed by atoms with Gasteiger partial charge in [0.2, 0.25) is 0 Å². The number of aliphatic hydroxyl groups excluding tert-OH is 2. The first-order chi connectivity index (χ1) is 8.20. The molecule has 1 heterocycles. The summed E-state index contributed by atoms with van der Waals surface area (Å²) < 4.78 is 0. The number of hydrogen-bond acceptors (Lipinski definition) is 3. The molecule has 2 atom stereocenters. The Balaban J connectivity index is 2.19. The highest BCUT2D eigenvalue weighted by Crippen LogP contribution is 2.13. The molecule has 0 aliphatic rings. The Morgan fingerprint density at radius 3 is 2.59 bits per heavy atom. The average Bonchev–Trinajstić information content (AvgIpc) is 2.37. The van der Waals surface area contributed by atoms with Gasteiger partial charge in [-0.15, -0.1) is 0 Å². The fourth-order valence-corrected chi connectivity index (χ4v) is 1.84. The predicted molar refractivity (Wildman–Crippen MR) is 67.8 cm³/mol. The first kappa shape index (κ1) is 12.0. The number of aromatic nitrogens is 1. The molecule has 2 N–H and O–H groups in total. The highest BCUT2D eigenvalue weighted by Gasteiger charge is 2.15. The molecule has 17 heavy (non-hydrogen) atoms. The molecule has 0 saturated carbocycles. The zero-order valence-electron chi connectivity index (χ0n) is 9.87. The maximum atomic E-state index is 9.75. The molecule has 3 nitrogen and oxygen atoms in total. The van der Waals surface area contributed by atoms with E-state index in [1.54, 1.807) is 0 Å². The van der Waals surface area contributed by atoms with E-state index in [0.717, 1.165) is 16.6 Å². The number of aliphatic hydroxyl groups is 2. The minimum atomic E-state index is -0.742. The number of pyridine rings is 1. The van der Waals surface area contributed by atoms with Gasteiger partial charge in [-0.25, -0.2) is 0 Å². The van der Waals surface area contributed by atoms with E-state index in [9.17, 15) is 10.2 Å². The lowest BCUT2D eigenvalue weighted by molar-refractivity contribution is 0.0177. The molecule has 0 aliphatic heterocycles. The molecule has 1 aromatic carbocycles. The van der Waals surface area contributed by atoms with Crippen molar-refractivity contribution >= 4 is 10.9 Å². The Bertz CT molecular complexity index is 498. The zero-order valence-corrected chi connectivity index (χ0v) is 9.87. The van der Waals surface area contributed by atoms with Crippen molar-refractivity contribution in [3.63, 3.8) is 0 Å². The molecule has 0 bridgehead atoms. The van der Waals surface area contributed by atoms with E-state index in [4.69, 9.17) is 0 Å². The number of hydrogen-bond donors (Lipinski definition) is 2. The highest BCUT2D eigenvalue weighted by atomic mass is 16.3. The minimum Gasteiger partial charge on any atom is -0.390 e. The Morgan fingerprint density at radius 2 is 1.82 bits per heavy atom. The van der Waals surface area contributed by atoms with Gasteiger partial charge in [0.15, 0.2) is 0 Å². The lowest BCUT2D eigenvalue weighted by Gasteiger charge is -2.15. The lowest BCUT2D eigenvalue weighted by atomic mass is 10.1. The summed E-state index contributed by atoms with van der Waals surface area (Å²) >= 11 is 0. The Morgan fingerprint density at radius 1 is 1.06 bits per heavy atom. The summed E-state index contributed by atoms with van der Waals surface area (Å²) in [7, 11) is 0. The van der Waals surface area contributed by atoms with Crippen LogP contribution in [0.1, 0.15) is 19.0 Å². The number of nitrogens with zero attached hydrogens (tertiary/aromatic N) is 1. The number of para-hydroxylation sites is 1. The third kappa shape index (κ3) is 2.81. The standard InChI is InChI=1S/C14H17NO2/c1-2-13(16)14(17)9-11-8-7-10-5-3-4-6-12(10)15-11/h3-8,13-14,16-17H,2,9H2,1H3. The summed E-state index contributed by atoms with van der Waals surface area (Å²) in [6.07, 6.45) is -0.480. The number of fused-ring (bicyclic) bond motifs is 1. The van der Waals surface area contributed by atoms with Crippen molar-refractivity contribution in [3.8, 4) is 0 Å². The minimum absolute atomic E-state index is 0.389. The topological polar surface area (TPSA) is 53.4 Å². The van der Waals surface area contributed by atoms with Crippen LogP contribution in [0.25, 0.3) is 10.9 Å². The van der Waals surface area contributed by atoms with Crippen LogP contribution in [0.2, 0.25) is 0 Å². The summed E-state index contributed by atoms with van der Waals surface area (Å²) in [5.74, 6) is 0. The quantitative estimate of drug-likeness (QED) is 0.845. The van der Waals surface area contributed by atoms with Crippen molar-refractivity contribution in [2.24, 2.45) is 0 Å². The van der Waals surface area contributed by atoms with Crippen LogP contribution in [-0.2, 0) is 6.42 Å². The summed E-state index contributed by atoms with van der Waals surface area (Å²) in [4.78, 5) is 4.46. The van der Waals surface area contributed by atoms with E-state index in [1.807, 2.05) is 43.3 Å². The van der Waals surface area contributed by atoms with Gasteiger partial charge in [-0.2, -0.15) is 0 Å². The van der Waals surface area contributed by atoms with Crippen molar-refractivity contribution in [1.29, 1.82) is 0 Å². The second-order valence-corrected chi connectivity index (χ2v) is 4.24. The van der Waals surface area contributed by atoms with Gasteiger partial charge < -0.3 is 10.2 Å². The second-order valence-electron chi connectivity index (χ2n) is 4.24. The third-order valence-corrected chi connectivity index (χ3v) is 2.94. The van der Waals surface area contributed by atoms with Crippen LogP contribution >= 0.6 is 0 Å². The van der Waals surface area contributed by atoms with E-state index in [0.29, 0.717) is 12.8 Å². The zero-order chi connectivity index (χ0) is 12.3. The van der Waals surface area contributed by atoms with Crippen molar-refractivity contribution < 1.29 is 10.2 Å². The summed E-state index contributed by atoms with van der Waals surface area (Å²) in [6.45, 7) is 1.85. The maximum Gasteiger partial charge on any atom is 0.0854 e. The second kappa shape index (κ2) is 5.25. The lowest BCUT2D eigenvalue weighted by Crippen LogP contribution is -2.27. The normalized spacial score (nSPS) is 14.8. The molecular formula is C14H17NO2. The molecule has 2 rings (SSSR count). The van der Waals surface area contributed by atoms with Crippen LogP contribution in [-0.4, -0.2) is 27.4 Å². The number of benzene rings is 1. The highest BCUT2D eigenvalue weighted by molar-refractivity contribution is 5.78. The van der Waals surface area contributed by atoms with Gasteiger partial charge in [0.25, 0.3) is 0 Å². The molecule has 3 heteroatoms. The Kier molecular flexibility index (Phi) is 3.71. The van der Waals surface area contributed by atoms with Crippen LogP contribution in [0.4, 0.5) is 0 Å². The molecule has 1 aromatic heterocycles. The fraction of sp³-hybridized carbons (Fsp3) is 0.357. The van der Waals surface area contributed by atoms with Crippen LogP contribution in [0.3, 0.4) is 0 Å². The maximum absolute atomic E-state index is 9.75. The fourth-order valence-electron chi connectivity index (χ4n) is 1.84. The molecule has 90 valence electrons. The molecular weight excluding hydrogens is 214 g/mol. The third-order valence-electron chi connectivity index (χ3n) is 2.94. The monoisotopic (exact) mass is 231 g/mol. The van der Waals surface area contributed by atoms with E-state index in [1.165, 1.54) is 0 Å². The first-order valence-electron chi connectivity index (χ1n) is 5.91. The van der Waals surface area contributed by atoms with Crippen molar-refractivity contribution in [2.75, 3.05) is 0 Å². The molecule has 0 spiro atoms. The van der Waals surface area contributed by atoms with E-state index < -0.39 is 12.2 Å². The summed E-state index contributed by atoms with van der Waals surface area (Å²) in [6, 6.07) is 11.7. The predicted octanol–water partition coefficient (Wildman–Crippen LogP) is 1.91. The van der Waals surface area contributed by atoms with E-state index >= 15 is 0 Å². The molecule has 0 fully saturated rings. The Labute approximate surface area is 101 Å². The SMILES string of the molecule is CCC(O)C(O)Cc1ccc2ccccc2n1. The van der Waals surface area contributed by atoms with Gasteiger partial charge in [0.1, 0.15) is 0 Å². The largest absolute Gasteiger partial charge is 0.390 e. The van der Waals surface area contributed by atoms with Gasteiger partial charge in [-0.05, 0) is 18.6 Å².